The molecule has 1 unspecified atom stereocenters. The van der Waals surface area contributed by atoms with E-state index in [1.807, 2.05) is 0 Å². The van der Waals surface area contributed by atoms with Crippen LogP contribution in [0.3, 0.4) is 0 Å². The van der Waals surface area contributed by atoms with Crippen LogP contribution in [0.2, 0.25) is 0 Å². The standard InChI is InChI=1S/C24H29NO2/c1-14-6-8-15(9-7-14)20-21-16(10-23(2,3)12-18(21)26)25-17-11-24(4,5)13-19(27)22(17)20/h6-9,20-21H,10-13H2,1-5H3/t20-,21?/m0/s1. The predicted molar refractivity (Wildman–Crippen MR) is 108 cm³/mol. The maximum atomic E-state index is 13.2. The number of aryl methyl sites for hydroxylation is 1. The van der Waals surface area contributed by atoms with Crippen LogP contribution in [-0.4, -0.2) is 17.3 Å². The van der Waals surface area contributed by atoms with Crippen molar-refractivity contribution >= 4 is 17.3 Å². The van der Waals surface area contributed by atoms with Gasteiger partial charge in [0, 0.05) is 35.7 Å². The number of hydrogen-bond donors (Lipinski definition) is 0. The minimum absolute atomic E-state index is 0.0590. The Hall–Kier alpha value is -2.03. The van der Waals surface area contributed by atoms with Gasteiger partial charge in [0.15, 0.2) is 5.78 Å². The maximum absolute atomic E-state index is 13.2. The Kier molecular flexibility index (Phi) is 4.06. The molecule has 1 aromatic rings. The van der Waals surface area contributed by atoms with Crippen LogP contribution in [0, 0.1) is 23.7 Å². The highest BCUT2D eigenvalue weighted by molar-refractivity contribution is 6.13. The number of benzene rings is 1. The van der Waals surface area contributed by atoms with Crippen LogP contribution in [0.1, 0.15) is 70.4 Å². The minimum atomic E-state index is -0.273. The van der Waals surface area contributed by atoms with Gasteiger partial charge in [-0.1, -0.05) is 57.5 Å². The Morgan fingerprint density at radius 1 is 0.852 bits per heavy atom. The average Bonchev–Trinajstić information content (AvgIpc) is 2.51. The molecule has 1 heterocycles. The van der Waals surface area contributed by atoms with E-state index in [-0.39, 0.29) is 34.2 Å². The fourth-order valence-corrected chi connectivity index (χ4v) is 5.15. The van der Waals surface area contributed by atoms with Gasteiger partial charge in [0.2, 0.25) is 0 Å². The van der Waals surface area contributed by atoms with Crippen molar-refractivity contribution in [1.82, 2.24) is 0 Å². The Bertz CT molecular complexity index is 883. The molecular weight excluding hydrogens is 334 g/mol. The second kappa shape index (κ2) is 5.98. The lowest BCUT2D eigenvalue weighted by Crippen LogP contribution is -2.45. The molecule has 1 saturated carbocycles. The van der Waals surface area contributed by atoms with Crippen molar-refractivity contribution in [3.8, 4) is 0 Å². The summed E-state index contributed by atoms with van der Waals surface area (Å²) in [7, 11) is 0. The molecule has 27 heavy (non-hydrogen) atoms. The maximum Gasteiger partial charge on any atom is 0.161 e. The molecule has 0 aromatic heterocycles. The summed E-state index contributed by atoms with van der Waals surface area (Å²) >= 11 is 0. The molecule has 0 N–H and O–H groups in total. The lowest BCUT2D eigenvalue weighted by molar-refractivity contribution is -0.124. The summed E-state index contributed by atoms with van der Waals surface area (Å²) in [5, 5.41) is 0. The van der Waals surface area contributed by atoms with Crippen molar-refractivity contribution in [2.75, 3.05) is 0 Å². The molecule has 4 rings (SSSR count). The van der Waals surface area contributed by atoms with Gasteiger partial charge in [0.1, 0.15) is 5.78 Å². The zero-order valence-electron chi connectivity index (χ0n) is 17.1. The number of allylic oxidation sites excluding steroid dienone is 2. The minimum Gasteiger partial charge on any atom is -0.299 e. The fraction of sp³-hybridized carbons (Fsp3) is 0.542. The lowest BCUT2D eigenvalue weighted by atomic mass is 9.60. The van der Waals surface area contributed by atoms with Crippen molar-refractivity contribution in [2.45, 2.75) is 66.2 Å². The molecule has 3 heteroatoms. The summed E-state index contributed by atoms with van der Waals surface area (Å²) in [6, 6.07) is 8.34. The fourth-order valence-electron chi connectivity index (χ4n) is 5.15. The molecule has 2 aliphatic carbocycles. The third kappa shape index (κ3) is 3.22. The van der Waals surface area contributed by atoms with Crippen LogP contribution in [0.5, 0.6) is 0 Å². The number of rotatable bonds is 1. The van der Waals surface area contributed by atoms with E-state index in [0.29, 0.717) is 12.8 Å². The van der Waals surface area contributed by atoms with E-state index >= 15 is 0 Å². The summed E-state index contributed by atoms with van der Waals surface area (Å²) in [4.78, 5) is 31.3. The zero-order chi connectivity index (χ0) is 19.6. The van der Waals surface area contributed by atoms with Gasteiger partial charge in [0.05, 0.1) is 5.92 Å². The Balaban J connectivity index is 1.90. The molecule has 2 atom stereocenters. The van der Waals surface area contributed by atoms with Crippen LogP contribution >= 0.6 is 0 Å². The first-order valence-corrected chi connectivity index (χ1v) is 9.99. The van der Waals surface area contributed by atoms with Gasteiger partial charge in [-0.2, -0.15) is 0 Å². The molecule has 3 nitrogen and oxygen atoms in total. The molecule has 1 aliphatic heterocycles. The number of carbonyl (C=O) groups is 2. The molecule has 0 amide bonds. The SMILES string of the molecule is Cc1ccc([C@@H]2C3=C(CC(C)(C)CC3=O)N=C3CC(C)(C)CC(=O)C32)cc1. The van der Waals surface area contributed by atoms with E-state index < -0.39 is 0 Å². The third-order valence-corrected chi connectivity index (χ3v) is 6.27. The summed E-state index contributed by atoms with van der Waals surface area (Å²) in [6.45, 7) is 10.6. The van der Waals surface area contributed by atoms with Gasteiger partial charge >= 0.3 is 0 Å². The number of aliphatic imine (C=N–C) groups is 1. The van der Waals surface area contributed by atoms with Crippen molar-refractivity contribution in [2.24, 2.45) is 21.7 Å². The van der Waals surface area contributed by atoms with Gasteiger partial charge in [-0.25, -0.2) is 0 Å². The summed E-state index contributed by atoms with van der Waals surface area (Å²) in [5.74, 6) is -0.0306. The van der Waals surface area contributed by atoms with Crippen LogP contribution in [0.25, 0.3) is 0 Å². The highest BCUT2D eigenvalue weighted by Crippen LogP contribution is 2.51. The van der Waals surface area contributed by atoms with Gasteiger partial charge in [-0.15, -0.1) is 0 Å². The average molecular weight is 364 g/mol. The van der Waals surface area contributed by atoms with E-state index in [2.05, 4.69) is 58.9 Å². The van der Waals surface area contributed by atoms with Crippen molar-refractivity contribution < 1.29 is 9.59 Å². The van der Waals surface area contributed by atoms with Crippen LogP contribution < -0.4 is 0 Å². The Labute approximate surface area is 162 Å². The Morgan fingerprint density at radius 3 is 2.15 bits per heavy atom. The van der Waals surface area contributed by atoms with Gasteiger partial charge in [-0.3, -0.25) is 14.6 Å². The monoisotopic (exact) mass is 363 g/mol. The summed E-state index contributed by atoms with van der Waals surface area (Å²) < 4.78 is 0. The molecule has 3 aliphatic rings. The number of hydrogen-bond acceptors (Lipinski definition) is 3. The van der Waals surface area contributed by atoms with Crippen LogP contribution in [-0.2, 0) is 9.59 Å². The topological polar surface area (TPSA) is 46.5 Å². The molecular formula is C24H29NO2. The molecule has 142 valence electrons. The van der Waals surface area contributed by atoms with Gasteiger partial charge in [0.25, 0.3) is 0 Å². The van der Waals surface area contributed by atoms with Crippen LogP contribution in [0.4, 0.5) is 0 Å². The zero-order valence-corrected chi connectivity index (χ0v) is 17.1. The van der Waals surface area contributed by atoms with Crippen molar-refractivity contribution in [3.05, 3.63) is 46.7 Å². The molecule has 1 aromatic carbocycles. The molecule has 1 fully saturated rings. The second-order valence-electron chi connectivity index (χ2n) is 10.3. The summed E-state index contributed by atoms with van der Waals surface area (Å²) in [5.41, 5.74) is 4.86. The number of ketones is 2. The summed E-state index contributed by atoms with van der Waals surface area (Å²) in [6.07, 6.45) is 2.73. The number of carbonyl (C=O) groups excluding carboxylic acids is 2. The molecule has 0 bridgehead atoms. The largest absolute Gasteiger partial charge is 0.299 e. The first-order valence-electron chi connectivity index (χ1n) is 9.99. The number of Topliss-reactive ketones (excluding diaryl/α,β-unsaturated/α-hetero) is 2. The highest BCUT2D eigenvalue weighted by atomic mass is 16.1. The van der Waals surface area contributed by atoms with Crippen molar-refractivity contribution in [1.29, 1.82) is 0 Å². The van der Waals surface area contributed by atoms with E-state index in [9.17, 15) is 9.59 Å². The smallest absolute Gasteiger partial charge is 0.161 e. The highest BCUT2D eigenvalue weighted by Gasteiger charge is 2.49. The first-order chi connectivity index (χ1) is 12.6. The van der Waals surface area contributed by atoms with Crippen LogP contribution in [0.15, 0.2) is 40.5 Å². The van der Waals surface area contributed by atoms with Crippen molar-refractivity contribution in [3.63, 3.8) is 0 Å². The quantitative estimate of drug-likeness (QED) is 0.690. The molecule has 0 spiro atoms. The normalized spacial score (nSPS) is 29.1. The molecule has 0 saturated heterocycles. The van der Waals surface area contributed by atoms with Gasteiger partial charge < -0.3 is 0 Å². The Morgan fingerprint density at radius 2 is 1.48 bits per heavy atom. The number of nitrogens with zero attached hydrogens (tertiary/aromatic N) is 1. The predicted octanol–water partition coefficient (Wildman–Crippen LogP) is 5.18. The first kappa shape index (κ1) is 18.3. The lowest BCUT2D eigenvalue weighted by Gasteiger charge is -2.44. The van der Waals surface area contributed by atoms with Gasteiger partial charge in [-0.05, 0) is 36.2 Å². The number of fused-ring (bicyclic) bond motifs is 1. The molecule has 0 radical (unpaired) electrons. The second-order valence-corrected chi connectivity index (χ2v) is 10.3. The van der Waals surface area contributed by atoms with E-state index in [4.69, 9.17) is 4.99 Å². The van der Waals surface area contributed by atoms with E-state index in [1.165, 1.54) is 5.56 Å². The third-order valence-electron chi connectivity index (χ3n) is 6.27. The van der Waals surface area contributed by atoms with E-state index in [1.54, 1.807) is 0 Å². The van der Waals surface area contributed by atoms with E-state index in [0.717, 1.165) is 35.4 Å².